The molecule has 11 heteroatoms. The summed E-state index contributed by atoms with van der Waals surface area (Å²) in [5.74, 6) is 0.512. The first kappa shape index (κ1) is 25.9. The highest BCUT2D eigenvalue weighted by molar-refractivity contribution is 7.92. The minimum Gasteiger partial charge on any atom is -0.368 e. The maximum absolute atomic E-state index is 13.7. The molecule has 2 aromatic carbocycles. The van der Waals surface area contributed by atoms with Crippen LogP contribution in [0.25, 0.3) is 0 Å². The van der Waals surface area contributed by atoms with E-state index in [1.165, 1.54) is 18.3 Å². The lowest BCUT2D eigenvalue weighted by molar-refractivity contribution is -0.132. The van der Waals surface area contributed by atoms with Crippen molar-refractivity contribution >= 4 is 33.1 Å². The van der Waals surface area contributed by atoms with Gasteiger partial charge in [-0.15, -0.1) is 0 Å². The number of rotatable bonds is 6. The smallest absolute Gasteiger partial charge is 0.263 e. The number of fused-ring (bicyclic) bond motifs is 1. The fourth-order valence-corrected chi connectivity index (χ4v) is 6.13. The first-order valence-electron chi connectivity index (χ1n) is 12.7. The van der Waals surface area contributed by atoms with E-state index in [-0.39, 0.29) is 31.3 Å². The number of benzene rings is 2. The Bertz CT molecular complexity index is 1440. The second-order valence-electron chi connectivity index (χ2n) is 9.65. The number of piperazine rings is 1. The molecule has 0 bridgehead atoms. The summed E-state index contributed by atoms with van der Waals surface area (Å²) in [6.07, 6.45) is 3.21. The lowest BCUT2D eigenvalue weighted by atomic mass is 9.99. The highest BCUT2D eigenvalue weighted by Gasteiger charge is 2.31. The molecule has 1 amide bonds. The van der Waals surface area contributed by atoms with E-state index in [4.69, 9.17) is 0 Å². The van der Waals surface area contributed by atoms with E-state index < -0.39 is 10.0 Å². The van der Waals surface area contributed by atoms with Crippen LogP contribution in [0.15, 0.2) is 59.6 Å². The first-order chi connectivity index (χ1) is 18.2. The zero-order valence-corrected chi connectivity index (χ0v) is 22.3. The molecule has 3 heterocycles. The van der Waals surface area contributed by atoms with Crippen LogP contribution in [-0.4, -0.2) is 68.0 Å². The Kier molecular flexibility index (Phi) is 7.20. The van der Waals surface area contributed by atoms with Gasteiger partial charge in [-0.3, -0.25) is 9.52 Å². The van der Waals surface area contributed by atoms with Gasteiger partial charge in [-0.05, 0) is 80.8 Å². The van der Waals surface area contributed by atoms with Crippen LogP contribution in [0, 0.1) is 12.7 Å². The molecule has 0 spiro atoms. The molecule has 0 aliphatic carbocycles. The molecule has 0 unspecified atom stereocenters. The number of anilines is 3. The van der Waals surface area contributed by atoms with E-state index in [0.717, 1.165) is 36.3 Å². The number of hydrogen-bond acceptors (Lipinski definition) is 7. The summed E-state index contributed by atoms with van der Waals surface area (Å²) in [5.41, 5.74) is 2.79. The summed E-state index contributed by atoms with van der Waals surface area (Å²) in [7, 11) is -3.78. The molecular weight excluding hydrogens is 507 g/mol. The number of nitrogens with zero attached hydrogens (tertiary/aromatic N) is 5. The van der Waals surface area contributed by atoms with Gasteiger partial charge in [-0.1, -0.05) is 0 Å². The van der Waals surface area contributed by atoms with E-state index in [9.17, 15) is 17.6 Å². The predicted octanol–water partition coefficient (Wildman–Crippen LogP) is 3.71. The average molecular weight is 543 g/mol. The van der Waals surface area contributed by atoms with Gasteiger partial charge < -0.3 is 14.7 Å². The predicted molar refractivity (Wildman–Crippen MR) is 149 cm³/mol. The summed E-state index contributed by atoms with van der Waals surface area (Å²) in [6, 6.07) is 12.7. The van der Waals surface area contributed by atoms with Crippen LogP contribution in [0.5, 0.6) is 0 Å². The summed E-state index contributed by atoms with van der Waals surface area (Å²) in [4.78, 5) is 27.7. The molecule has 3 aromatic rings. The monoisotopic (exact) mass is 542 g/mol. The Balaban J connectivity index is 0.00000220. The Morgan fingerprint density at radius 1 is 1.05 bits per heavy atom. The number of carbonyl (C=O) groups excluding carboxylic acids is 1. The van der Waals surface area contributed by atoms with E-state index in [2.05, 4.69) is 24.5 Å². The Morgan fingerprint density at radius 2 is 1.79 bits per heavy atom. The van der Waals surface area contributed by atoms with Gasteiger partial charge in [0.15, 0.2) is 0 Å². The van der Waals surface area contributed by atoms with Crippen LogP contribution in [0.3, 0.4) is 0 Å². The highest BCUT2D eigenvalue weighted by atomic mass is 32.2. The molecule has 38 heavy (non-hydrogen) atoms. The van der Waals surface area contributed by atoms with Crippen molar-refractivity contribution in [3.8, 4) is 0 Å². The summed E-state index contributed by atoms with van der Waals surface area (Å²) in [6.45, 7) is 6.81. The number of amides is 1. The highest BCUT2D eigenvalue weighted by Crippen LogP contribution is 2.30. The number of carbonyl (C=O) groups is 1. The summed E-state index contributed by atoms with van der Waals surface area (Å²) in [5, 5.41) is 0. The summed E-state index contributed by atoms with van der Waals surface area (Å²) >= 11 is 0. The number of nitrogens with one attached hydrogen (secondary N) is 1. The van der Waals surface area contributed by atoms with Crippen molar-refractivity contribution in [2.24, 2.45) is 0 Å². The Morgan fingerprint density at radius 3 is 2.50 bits per heavy atom. The van der Waals surface area contributed by atoms with Crippen molar-refractivity contribution in [3.63, 3.8) is 0 Å². The van der Waals surface area contributed by atoms with E-state index in [1.54, 1.807) is 43.3 Å². The van der Waals surface area contributed by atoms with E-state index in [1.807, 2.05) is 11.8 Å². The second kappa shape index (κ2) is 10.6. The number of sulfonamides is 1. The lowest BCUT2D eigenvalue weighted by Gasteiger charge is -2.41. The van der Waals surface area contributed by atoms with Crippen LogP contribution < -0.4 is 14.5 Å². The standard InChI is InChI=1S/C27H31FN6O3S.2H2/c1-19(34-13-3-4-21-18-22(28)5-10-25(21)34)27(35)33-16-14-32(15-17-33)23-6-8-24(9-7-23)38(36,37)31-26-11-12-29-20(2)30-26;;/h5-12,18-19H,3-4,13-17H2,1-2H3,(H,29,30,31);2*1H/t19-;;/m1../s1. The minimum atomic E-state index is -3.78. The third-order valence-electron chi connectivity index (χ3n) is 7.14. The third-order valence-corrected chi connectivity index (χ3v) is 8.51. The van der Waals surface area contributed by atoms with E-state index >= 15 is 0 Å². The second-order valence-corrected chi connectivity index (χ2v) is 11.3. The topological polar surface area (TPSA) is 98.7 Å². The van der Waals surface area contributed by atoms with Gasteiger partial charge in [0.1, 0.15) is 23.5 Å². The maximum Gasteiger partial charge on any atom is 0.263 e. The Labute approximate surface area is 225 Å². The molecule has 1 saturated heterocycles. The van der Waals surface area contributed by atoms with Crippen molar-refractivity contribution in [2.75, 3.05) is 47.2 Å². The fourth-order valence-electron chi connectivity index (χ4n) is 5.13. The van der Waals surface area contributed by atoms with Crippen molar-refractivity contribution in [1.82, 2.24) is 14.9 Å². The van der Waals surface area contributed by atoms with Gasteiger partial charge in [0.25, 0.3) is 10.0 Å². The van der Waals surface area contributed by atoms with Crippen LogP contribution in [0.1, 0.15) is 27.6 Å². The molecule has 2 aliphatic rings. The van der Waals surface area contributed by atoms with Crippen LogP contribution >= 0.6 is 0 Å². The molecule has 9 nitrogen and oxygen atoms in total. The number of aromatic nitrogens is 2. The molecule has 1 atom stereocenters. The zero-order chi connectivity index (χ0) is 26.9. The minimum absolute atomic E-state index is 0. The van der Waals surface area contributed by atoms with Gasteiger partial charge >= 0.3 is 0 Å². The zero-order valence-electron chi connectivity index (χ0n) is 21.5. The number of hydrogen-bond donors (Lipinski definition) is 1. The van der Waals surface area contributed by atoms with Crippen molar-refractivity contribution in [1.29, 1.82) is 0 Å². The molecule has 5 rings (SSSR count). The van der Waals surface area contributed by atoms with Gasteiger partial charge in [-0.25, -0.2) is 22.8 Å². The fraction of sp³-hybridized carbons (Fsp3) is 0.370. The molecule has 2 aliphatic heterocycles. The SMILES string of the molecule is Cc1nccc(NS(=O)(=O)c2ccc(N3CCN(C(=O)[C@@H](C)N4CCCc5cc(F)ccc54)CC3)cc2)n1.[HH].[HH]. The van der Waals surface area contributed by atoms with Crippen LogP contribution in [0.2, 0.25) is 0 Å². The maximum atomic E-state index is 13.7. The van der Waals surface area contributed by atoms with Crippen LogP contribution in [-0.2, 0) is 21.2 Å². The van der Waals surface area contributed by atoms with Crippen molar-refractivity contribution in [2.45, 2.75) is 37.6 Å². The molecule has 0 saturated carbocycles. The van der Waals surface area contributed by atoms with Crippen molar-refractivity contribution in [3.05, 3.63) is 71.9 Å². The first-order valence-corrected chi connectivity index (χ1v) is 14.2. The molecular formula is C27H35FN6O3S. The molecule has 1 N–H and O–H groups in total. The third kappa shape index (κ3) is 5.42. The number of aryl methyl sites for hydroxylation is 2. The molecule has 1 fully saturated rings. The summed E-state index contributed by atoms with van der Waals surface area (Å²) < 4.78 is 41.7. The van der Waals surface area contributed by atoms with Crippen molar-refractivity contribution < 1.29 is 20.5 Å². The van der Waals surface area contributed by atoms with Gasteiger partial charge in [-0.2, -0.15) is 0 Å². The number of halogens is 1. The average Bonchev–Trinajstić information content (AvgIpc) is 2.91. The van der Waals surface area contributed by atoms with E-state index in [0.29, 0.717) is 32.0 Å². The van der Waals surface area contributed by atoms with Gasteiger partial charge in [0, 0.05) is 53.1 Å². The normalized spacial score (nSPS) is 16.7. The molecule has 204 valence electrons. The Hall–Kier alpha value is -3.73. The lowest BCUT2D eigenvalue weighted by Crippen LogP contribution is -2.55. The molecule has 0 radical (unpaired) electrons. The van der Waals surface area contributed by atoms with Crippen LogP contribution in [0.4, 0.5) is 21.6 Å². The molecule has 1 aromatic heterocycles. The van der Waals surface area contributed by atoms with Gasteiger partial charge in [0.05, 0.1) is 4.90 Å². The quantitative estimate of drug-likeness (QED) is 0.507. The van der Waals surface area contributed by atoms with Gasteiger partial charge in [0.2, 0.25) is 5.91 Å². The largest absolute Gasteiger partial charge is 0.368 e.